The molecule has 1 aliphatic rings. The number of carboxylic acid groups (broad SMARTS) is 1. The van der Waals surface area contributed by atoms with Crippen molar-refractivity contribution in [3.63, 3.8) is 0 Å². The van der Waals surface area contributed by atoms with Gasteiger partial charge < -0.3 is 15.1 Å². The Morgan fingerprint density at radius 3 is 2.62 bits per heavy atom. The molecule has 1 heterocycles. The van der Waals surface area contributed by atoms with Crippen molar-refractivity contribution in [2.75, 3.05) is 13.1 Å². The van der Waals surface area contributed by atoms with Gasteiger partial charge in [-0.15, -0.1) is 0 Å². The molecule has 0 spiro atoms. The van der Waals surface area contributed by atoms with Crippen molar-refractivity contribution < 1.29 is 19.8 Å². The molecule has 1 aromatic rings. The van der Waals surface area contributed by atoms with Crippen molar-refractivity contribution >= 4 is 11.9 Å². The molecule has 2 N–H and O–H groups in total. The molecular formula is C16H21NO4. The monoisotopic (exact) mass is 291 g/mol. The van der Waals surface area contributed by atoms with E-state index >= 15 is 0 Å². The maximum Gasteiger partial charge on any atom is 0.303 e. The van der Waals surface area contributed by atoms with E-state index in [2.05, 4.69) is 0 Å². The minimum atomic E-state index is -0.788. The van der Waals surface area contributed by atoms with Crippen LogP contribution < -0.4 is 0 Å². The normalized spacial score (nSPS) is 20.0. The van der Waals surface area contributed by atoms with Gasteiger partial charge in [0, 0.05) is 25.1 Å². The quantitative estimate of drug-likeness (QED) is 0.892. The van der Waals surface area contributed by atoms with Crippen LogP contribution in [0.1, 0.15) is 36.5 Å². The standard InChI is InChI=1S/C16H21NO4/c1-11(9-15(19)20)13-3-2-8-17(10-13)16(21)12-4-6-14(18)7-5-12/h4-7,11,13,18H,2-3,8-10H2,1H3,(H,19,20). The highest BCUT2D eigenvalue weighted by atomic mass is 16.4. The number of phenolic OH excluding ortho intramolecular Hbond substituents is 1. The summed E-state index contributed by atoms with van der Waals surface area (Å²) < 4.78 is 0. The summed E-state index contributed by atoms with van der Waals surface area (Å²) in [6.07, 6.45) is 2.01. The van der Waals surface area contributed by atoms with Crippen molar-refractivity contribution in [2.24, 2.45) is 11.8 Å². The Bertz CT molecular complexity index is 512. The molecule has 21 heavy (non-hydrogen) atoms. The summed E-state index contributed by atoms with van der Waals surface area (Å²) >= 11 is 0. The average Bonchev–Trinajstić information content (AvgIpc) is 2.47. The second kappa shape index (κ2) is 6.61. The number of benzene rings is 1. The highest BCUT2D eigenvalue weighted by Gasteiger charge is 2.28. The van der Waals surface area contributed by atoms with E-state index in [0.29, 0.717) is 18.7 Å². The number of amides is 1. The summed E-state index contributed by atoms with van der Waals surface area (Å²) in [5.74, 6) is -0.404. The van der Waals surface area contributed by atoms with Crippen molar-refractivity contribution in [3.05, 3.63) is 29.8 Å². The first-order chi connectivity index (χ1) is 9.97. The second-order valence-electron chi connectivity index (χ2n) is 5.78. The molecular weight excluding hydrogens is 270 g/mol. The largest absolute Gasteiger partial charge is 0.508 e. The maximum atomic E-state index is 12.4. The molecule has 5 heteroatoms. The fraction of sp³-hybridized carbons (Fsp3) is 0.500. The van der Waals surface area contributed by atoms with Gasteiger partial charge in [-0.3, -0.25) is 9.59 Å². The fourth-order valence-corrected chi connectivity index (χ4v) is 2.89. The summed E-state index contributed by atoms with van der Waals surface area (Å²) in [5, 5.41) is 18.2. The van der Waals surface area contributed by atoms with E-state index in [4.69, 9.17) is 5.11 Å². The van der Waals surface area contributed by atoms with E-state index in [-0.39, 0.29) is 29.9 Å². The van der Waals surface area contributed by atoms with Crippen LogP contribution in [0, 0.1) is 11.8 Å². The number of hydrogen-bond acceptors (Lipinski definition) is 3. The van der Waals surface area contributed by atoms with Crippen LogP contribution in [0.2, 0.25) is 0 Å². The SMILES string of the molecule is CC(CC(=O)O)C1CCCN(C(=O)c2ccc(O)cc2)C1. The zero-order chi connectivity index (χ0) is 15.4. The van der Waals surface area contributed by atoms with Crippen LogP contribution in [0.15, 0.2) is 24.3 Å². The third-order valence-corrected chi connectivity index (χ3v) is 4.16. The Hall–Kier alpha value is -2.04. The lowest BCUT2D eigenvalue weighted by molar-refractivity contribution is -0.138. The molecule has 1 amide bonds. The number of piperidine rings is 1. The van der Waals surface area contributed by atoms with Crippen LogP contribution in [0.3, 0.4) is 0 Å². The van der Waals surface area contributed by atoms with Crippen molar-refractivity contribution in [2.45, 2.75) is 26.2 Å². The topological polar surface area (TPSA) is 77.8 Å². The maximum absolute atomic E-state index is 12.4. The van der Waals surface area contributed by atoms with Crippen LogP contribution in [0.25, 0.3) is 0 Å². The van der Waals surface area contributed by atoms with Crippen molar-refractivity contribution in [1.82, 2.24) is 4.90 Å². The van der Waals surface area contributed by atoms with E-state index in [1.807, 2.05) is 6.92 Å². The average molecular weight is 291 g/mol. The van der Waals surface area contributed by atoms with Crippen molar-refractivity contribution in [3.8, 4) is 5.75 Å². The minimum absolute atomic E-state index is 0.0535. The Labute approximate surface area is 124 Å². The number of likely N-dealkylation sites (tertiary alicyclic amines) is 1. The van der Waals surface area contributed by atoms with E-state index < -0.39 is 5.97 Å². The predicted octanol–water partition coefficient (Wildman–Crippen LogP) is 2.36. The Kier molecular flexibility index (Phi) is 4.83. The van der Waals surface area contributed by atoms with Gasteiger partial charge in [0.05, 0.1) is 0 Å². The van der Waals surface area contributed by atoms with Gasteiger partial charge in [0.15, 0.2) is 0 Å². The number of rotatable bonds is 4. The molecule has 1 saturated heterocycles. The van der Waals surface area contributed by atoms with Crippen LogP contribution in [0.5, 0.6) is 5.75 Å². The van der Waals surface area contributed by atoms with Gasteiger partial charge in [-0.25, -0.2) is 0 Å². The smallest absolute Gasteiger partial charge is 0.303 e. The summed E-state index contributed by atoms with van der Waals surface area (Å²) in [6, 6.07) is 6.23. The first kappa shape index (κ1) is 15.4. The molecule has 0 radical (unpaired) electrons. The zero-order valence-electron chi connectivity index (χ0n) is 12.2. The molecule has 2 rings (SSSR count). The first-order valence-corrected chi connectivity index (χ1v) is 7.27. The molecule has 0 bridgehead atoms. The van der Waals surface area contributed by atoms with Gasteiger partial charge in [0.25, 0.3) is 5.91 Å². The molecule has 2 unspecified atom stereocenters. The Balaban J connectivity index is 2.01. The first-order valence-electron chi connectivity index (χ1n) is 7.27. The number of nitrogens with zero attached hydrogens (tertiary/aromatic N) is 1. The molecule has 114 valence electrons. The van der Waals surface area contributed by atoms with Gasteiger partial charge in [-0.2, -0.15) is 0 Å². The third-order valence-electron chi connectivity index (χ3n) is 4.16. The lowest BCUT2D eigenvalue weighted by atomic mass is 9.84. The summed E-state index contributed by atoms with van der Waals surface area (Å²) in [6.45, 7) is 3.25. The highest BCUT2D eigenvalue weighted by molar-refractivity contribution is 5.94. The van der Waals surface area contributed by atoms with Gasteiger partial charge in [-0.1, -0.05) is 6.92 Å². The number of hydrogen-bond donors (Lipinski definition) is 2. The number of carbonyl (C=O) groups excluding carboxylic acids is 1. The predicted molar refractivity (Wildman–Crippen MR) is 78.2 cm³/mol. The summed E-state index contributed by atoms with van der Waals surface area (Å²) in [4.78, 5) is 25.0. The van der Waals surface area contributed by atoms with E-state index in [0.717, 1.165) is 12.8 Å². The molecule has 0 saturated carbocycles. The van der Waals surface area contributed by atoms with Gasteiger partial charge >= 0.3 is 5.97 Å². The van der Waals surface area contributed by atoms with Crippen molar-refractivity contribution in [1.29, 1.82) is 0 Å². The number of carbonyl (C=O) groups is 2. The lowest BCUT2D eigenvalue weighted by Crippen LogP contribution is -2.42. The Morgan fingerprint density at radius 1 is 1.33 bits per heavy atom. The van der Waals surface area contributed by atoms with Gasteiger partial charge in [-0.05, 0) is 48.9 Å². The molecule has 2 atom stereocenters. The lowest BCUT2D eigenvalue weighted by Gasteiger charge is -2.35. The highest BCUT2D eigenvalue weighted by Crippen LogP contribution is 2.27. The fourth-order valence-electron chi connectivity index (χ4n) is 2.89. The van der Waals surface area contributed by atoms with Crippen LogP contribution in [-0.2, 0) is 4.79 Å². The summed E-state index contributed by atoms with van der Waals surface area (Å²) in [7, 11) is 0. The number of phenols is 1. The van der Waals surface area contributed by atoms with Crippen LogP contribution >= 0.6 is 0 Å². The van der Waals surface area contributed by atoms with Crippen LogP contribution in [0.4, 0.5) is 0 Å². The molecule has 1 aromatic carbocycles. The third kappa shape index (κ3) is 3.97. The molecule has 5 nitrogen and oxygen atoms in total. The number of aromatic hydroxyl groups is 1. The van der Waals surface area contributed by atoms with E-state index in [1.165, 1.54) is 12.1 Å². The van der Waals surface area contributed by atoms with E-state index in [9.17, 15) is 14.7 Å². The van der Waals surface area contributed by atoms with Gasteiger partial charge in [0.1, 0.15) is 5.75 Å². The summed E-state index contributed by atoms with van der Waals surface area (Å²) in [5.41, 5.74) is 0.555. The molecule has 0 aliphatic carbocycles. The molecule has 1 aliphatic heterocycles. The minimum Gasteiger partial charge on any atom is -0.508 e. The van der Waals surface area contributed by atoms with E-state index in [1.54, 1.807) is 17.0 Å². The Morgan fingerprint density at radius 2 is 2.00 bits per heavy atom. The molecule has 1 fully saturated rings. The zero-order valence-corrected chi connectivity index (χ0v) is 12.2. The van der Waals surface area contributed by atoms with Crippen LogP contribution in [-0.4, -0.2) is 40.1 Å². The molecule has 0 aromatic heterocycles. The second-order valence-corrected chi connectivity index (χ2v) is 5.78. The van der Waals surface area contributed by atoms with Gasteiger partial charge in [0.2, 0.25) is 0 Å². The number of carboxylic acids is 1. The number of aliphatic carboxylic acids is 1.